The van der Waals surface area contributed by atoms with Gasteiger partial charge in [0.1, 0.15) is 0 Å². The van der Waals surface area contributed by atoms with Crippen LogP contribution in [0.5, 0.6) is 0 Å². The van der Waals surface area contributed by atoms with Gasteiger partial charge >= 0.3 is 0 Å². The van der Waals surface area contributed by atoms with E-state index in [2.05, 4.69) is 21.2 Å². The first-order valence-electron chi connectivity index (χ1n) is 5.01. The van der Waals surface area contributed by atoms with E-state index in [4.69, 9.17) is 10.2 Å². The number of hydrogen-bond donors (Lipinski definition) is 2. The van der Waals surface area contributed by atoms with Crippen molar-refractivity contribution < 1.29 is 4.42 Å². The van der Waals surface area contributed by atoms with Gasteiger partial charge in [0, 0.05) is 28.8 Å². The quantitative estimate of drug-likeness (QED) is 0.847. The molecular weight excluding hydrogens is 268 g/mol. The molecule has 3 N–H and O–H groups in total. The molecule has 84 valence electrons. The van der Waals surface area contributed by atoms with Gasteiger partial charge in [-0.15, -0.1) is 0 Å². The summed E-state index contributed by atoms with van der Waals surface area (Å²) in [5, 5.41) is 3.33. The smallest absolute Gasteiger partial charge is 0.0947 e. The highest BCUT2D eigenvalue weighted by molar-refractivity contribution is 9.10. The number of nitrogens with one attached hydrogen (secondary N) is 1. The Balaban J connectivity index is 1.87. The molecule has 0 bridgehead atoms. The average Bonchev–Trinajstić information content (AvgIpc) is 2.76. The van der Waals surface area contributed by atoms with Gasteiger partial charge in [-0.2, -0.15) is 0 Å². The number of nitrogen functional groups attached to an aromatic ring is 1. The average molecular weight is 281 g/mol. The van der Waals surface area contributed by atoms with Crippen molar-refractivity contribution in [2.45, 2.75) is 13.1 Å². The Hall–Kier alpha value is -1.26. The van der Waals surface area contributed by atoms with Crippen LogP contribution in [-0.4, -0.2) is 0 Å². The van der Waals surface area contributed by atoms with Crippen molar-refractivity contribution in [2.75, 3.05) is 5.73 Å². The second-order valence-corrected chi connectivity index (χ2v) is 4.45. The maximum atomic E-state index is 5.71. The number of halogens is 1. The lowest BCUT2D eigenvalue weighted by Crippen LogP contribution is -2.12. The summed E-state index contributed by atoms with van der Waals surface area (Å²) in [4.78, 5) is 0. The van der Waals surface area contributed by atoms with Gasteiger partial charge in [0.2, 0.25) is 0 Å². The molecule has 0 spiro atoms. The zero-order valence-corrected chi connectivity index (χ0v) is 10.3. The number of hydrogen-bond acceptors (Lipinski definition) is 3. The van der Waals surface area contributed by atoms with E-state index in [1.165, 1.54) is 5.56 Å². The van der Waals surface area contributed by atoms with Crippen LogP contribution in [0.4, 0.5) is 5.69 Å². The minimum Gasteiger partial charge on any atom is -0.472 e. The van der Waals surface area contributed by atoms with E-state index >= 15 is 0 Å². The van der Waals surface area contributed by atoms with Crippen molar-refractivity contribution in [3.8, 4) is 0 Å². The highest BCUT2D eigenvalue weighted by Gasteiger charge is 1.98. The van der Waals surface area contributed by atoms with Crippen molar-refractivity contribution in [3.05, 3.63) is 52.4 Å². The van der Waals surface area contributed by atoms with Crippen LogP contribution in [-0.2, 0) is 13.1 Å². The van der Waals surface area contributed by atoms with Crippen LogP contribution in [0.25, 0.3) is 0 Å². The van der Waals surface area contributed by atoms with Crippen LogP contribution in [0.3, 0.4) is 0 Å². The minimum absolute atomic E-state index is 0.763. The van der Waals surface area contributed by atoms with Gasteiger partial charge in [-0.05, 0) is 39.7 Å². The Bertz CT molecular complexity index is 454. The zero-order chi connectivity index (χ0) is 11.4. The van der Waals surface area contributed by atoms with E-state index in [9.17, 15) is 0 Å². The van der Waals surface area contributed by atoms with Gasteiger partial charge in [0.15, 0.2) is 0 Å². The number of benzene rings is 1. The first-order valence-corrected chi connectivity index (χ1v) is 5.80. The second kappa shape index (κ2) is 5.18. The number of rotatable bonds is 4. The monoisotopic (exact) mass is 280 g/mol. The molecule has 1 aromatic carbocycles. The molecule has 0 saturated heterocycles. The van der Waals surface area contributed by atoms with E-state index in [0.717, 1.165) is 28.8 Å². The Kier molecular flexibility index (Phi) is 3.64. The molecule has 16 heavy (non-hydrogen) atoms. The summed E-state index contributed by atoms with van der Waals surface area (Å²) in [5.41, 5.74) is 8.82. The Morgan fingerprint density at radius 1 is 1.19 bits per heavy atom. The van der Waals surface area contributed by atoms with Crippen LogP contribution in [0.15, 0.2) is 45.7 Å². The minimum atomic E-state index is 0.763. The summed E-state index contributed by atoms with van der Waals surface area (Å²) in [6.07, 6.45) is 3.42. The molecule has 1 aromatic heterocycles. The summed E-state index contributed by atoms with van der Waals surface area (Å²) in [6.45, 7) is 1.61. The highest BCUT2D eigenvalue weighted by Crippen LogP contribution is 2.20. The van der Waals surface area contributed by atoms with Crippen molar-refractivity contribution >= 4 is 21.6 Å². The molecule has 0 unspecified atom stereocenters. The molecule has 0 aliphatic heterocycles. The predicted molar refractivity (Wildman–Crippen MR) is 67.8 cm³/mol. The van der Waals surface area contributed by atoms with Gasteiger partial charge < -0.3 is 15.5 Å². The van der Waals surface area contributed by atoms with Crippen molar-refractivity contribution in [2.24, 2.45) is 0 Å². The normalized spacial score (nSPS) is 10.6. The molecule has 0 aliphatic carbocycles. The first kappa shape index (κ1) is 11.2. The topological polar surface area (TPSA) is 51.2 Å². The SMILES string of the molecule is Nc1ccc(CNCc2ccoc2)cc1Br. The third kappa shape index (κ3) is 2.87. The van der Waals surface area contributed by atoms with Gasteiger partial charge in [0.05, 0.1) is 12.5 Å². The van der Waals surface area contributed by atoms with Gasteiger partial charge in [0.25, 0.3) is 0 Å². The molecule has 4 heteroatoms. The molecule has 0 aliphatic rings. The maximum absolute atomic E-state index is 5.71. The molecule has 0 radical (unpaired) electrons. The molecule has 0 fully saturated rings. The Labute approximate surface area is 103 Å². The molecule has 2 rings (SSSR count). The molecule has 0 saturated carbocycles. The Morgan fingerprint density at radius 2 is 2.00 bits per heavy atom. The maximum Gasteiger partial charge on any atom is 0.0947 e. The number of anilines is 1. The summed E-state index contributed by atoms with van der Waals surface area (Å²) in [7, 11) is 0. The van der Waals surface area contributed by atoms with Crippen LogP contribution in [0.1, 0.15) is 11.1 Å². The lowest BCUT2D eigenvalue weighted by Gasteiger charge is -2.05. The molecule has 0 amide bonds. The van der Waals surface area contributed by atoms with E-state index in [0.29, 0.717) is 0 Å². The van der Waals surface area contributed by atoms with Crippen molar-refractivity contribution in [1.82, 2.24) is 5.32 Å². The van der Waals surface area contributed by atoms with Gasteiger partial charge in [-0.1, -0.05) is 6.07 Å². The molecule has 0 atom stereocenters. The fourth-order valence-electron chi connectivity index (χ4n) is 1.43. The summed E-state index contributed by atoms with van der Waals surface area (Å²) < 4.78 is 5.93. The third-order valence-electron chi connectivity index (χ3n) is 2.30. The lowest BCUT2D eigenvalue weighted by atomic mass is 10.2. The number of furan rings is 1. The fourth-order valence-corrected chi connectivity index (χ4v) is 1.85. The van der Waals surface area contributed by atoms with Crippen molar-refractivity contribution in [3.63, 3.8) is 0 Å². The zero-order valence-electron chi connectivity index (χ0n) is 8.74. The first-order chi connectivity index (χ1) is 7.75. The third-order valence-corrected chi connectivity index (χ3v) is 2.99. The second-order valence-electron chi connectivity index (χ2n) is 3.59. The molecular formula is C12H13BrN2O. The number of nitrogens with two attached hydrogens (primary N) is 1. The fraction of sp³-hybridized carbons (Fsp3) is 0.167. The van der Waals surface area contributed by atoms with Crippen LogP contribution >= 0.6 is 15.9 Å². The molecule has 1 heterocycles. The Morgan fingerprint density at radius 3 is 2.69 bits per heavy atom. The van der Waals surface area contributed by atoms with E-state index in [1.54, 1.807) is 12.5 Å². The summed E-state index contributed by atoms with van der Waals surface area (Å²) in [6, 6.07) is 7.89. The van der Waals surface area contributed by atoms with Gasteiger partial charge in [-0.3, -0.25) is 0 Å². The van der Waals surface area contributed by atoms with E-state index < -0.39 is 0 Å². The standard InChI is InChI=1S/C12H13BrN2O/c13-11-5-9(1-2-12(11)14)6-15-7-10-3-4-16-8-10/h1-5,8,15H,6-7,14H2. The summed E-state index contributed by atoms with van der Waals surface area (Å²) in [5.74, 6) is 0. The van der Waals surface area contributed by atoms with Crippen LogP contribution < -0.4 is 11.1 Å². The largest absolute Gasteiger partial charge is 0.472 e. The van der Waals surface area contributed by atoms with Crippen LogP contribution in [0.2, 0.25) is 0 Å². The van der Waals surface area contributed by atoms with Crippen LogP contribution in [0, 0.1) is 0 Å². The van der Waals surface area contributed by atoms with Crippen molar-refractivity contribution in [1.29, 1.82) is 0 Å². The van der Waals surface area contributed by atoms with E-state index in [1.807, 2.05) is 24.3 Å². The van der Waals surface area contributed by atoms with E-state index in [-0.39, 0.29) is 0 Å². The predicted octanol–water partition coefficient (Wildman–Crippen LogP) is 2.91. The lowest BCUT2D eigenvalue weighted by molar-refractivity contribution is 0.560. The molecule has 2 aromatic rings. The summed E-state index contributed by atoms with van der Waals surface area (Å²) >= 11 is 3.41. The van der Waals surface area contributed by atoms with Gasteiger partial charge in [-0.25, -0.2) is 0 Å². The molecule has 3 nitrogen and oxygen atoms in total. The highest BCUT2D eigenvalue weighted by atomic mass is 79.9.